The summed E-state index contributed by atoms with van der Waals surface area (Å²) in [5.74, 6) is -0.835. The van der Waals surface area contributed by atoms with Crippen LogP contribution in [0, 0.1) is 19.7 Å². The first-order valence-corrected chi connectivity index (χ1v) is 11.1. The number of hydrogen-bond donors (Lipinski definition) is 1. The highest BCUT2D eigenvalue weighted by atomic mass is 19.1. The molecule has 8 heteroatoms. The summed E-state index contributed by atoms with van der Waals surface area (Å²) in [6, 6.07) is 6.86. The van der Waals surface area contributed by atoms with E-state index in [1.54, 1.807) is 19.9 Å². The van der Waals surface area contributed by atoms with Gasteiger partial charge in [0.1, 0.15) is 11.5 Å². The van der Waals surface area contributed by atoms with Crippen LogP contribution in [-0.2, 0) is 16.0 Å². The molecule has 0 radical (unpaired) electrons. The smallest absolute Gasteiger partial charge is 0.251 e. The quantitative estimate of drug-likeness (QED) is 0.659. The average Bonchev–Trinajstić information content (AvgIpc) is 3.10. The second-order valence-corrected chi connectivity index (χ2v) is 8.75. The molecular weight excluding hydrogens is 423 g/mol. The van der Waals surface area contributed by atoms with Crippen molar-refractivity contribution in [2.75, 3.05) is 20.2 Å². The minimum Gasteiger partial charge on any atom is -0.374 e. The van der Waals surface area contributed by atoms with Gasteiger partial charge in [0.15, 0.2) is 0 Å². The largest absolute Gasteiger partial charge is 0.374 e. The van der Waals surface area contributed by atoms with Gasteiger partial charge in [0, 0.05) is 44.3 Å². The van der Waals surface area contributed by atoms with Gasteiger partial charge >= 0.3 is 0 Å². The minimum atomic E-state index is -0.501. The molecule has 1 aliphatic rings. The van der Waals surface area contributed by atoms with Gasteiger partial charge in [0.05, 0.1) is 30.1 Å². The fraction of sp³-hybridized carbons (Fsp3) is 0.400. The molecule has 3 heterocycles. The number of nitrogens with zero attached hydrogens (tertiary/aromatic N) is 3. The van der Waals surface area contributed by atoms with Crippen molar-refractivity contribution in [3.63, 3.8) is 0 Å². The molecule has 1 aliphatic heterocycles. The summed E-state index contributed by atoms with van der Waals surface area (Å²) in [5, 5.41) is 2.53. The fourth-order valence-electron chi connectivity index (χ4n) is 4.51. The first-order valence-electron chi connectivity index (χ1n) is 11.1. The number of morpholine rings is 1. The normalized spacial score (nSPS) is 18.5. The van der Waals surface area contributed by atoms with Crippen molar-refractivity contribution in [3.05, 3.63) is 58.7 Å². The summed E-state index contributed by atoms with van der Waals surface area (Å²) in [7, 11) is 1.52. The van der Waals surface area contributed by atoms with Gasteiger partial charge in [-0.05, 0) is 56.2 Å². The number of pyridine rings is 1. The topological polar surface area (TPSA) is 75.9 Å². The van der Waals surface area contributed by atoms with Crippen molar-refractivity contribution < 1.29 is 18.7 Å². The summed E-state index contributed by atoms with van der Waals surface area (Å²) < 4.78 is 23.4. The molecule has 7 nitrogen and oxygen atoms in total. The predicted molar refractivity (Wildman–Crippen MR) is 124 cm³/mol. The molecule has 174 valence electrons. The predicted octanol–water partition coefficient (Wildman–Crippen LogP) is 3.30. The molecule has 4 rings (SSSR count). The Kier molecular flexibility index (Phi) is 6.21. The van der Waals surface area contributed by atoms with Crippen LogP contribution < -0.4 is 5.32 Å². The number of ether oxygens (including phenoxy) is 1. The molecule has 2 amide bonds. The zero-order valence-electron chi connectivity index (χ0n) is 19.6. The average molecular weight is 453 g/mol. The van der Waals surface area contributed by atoms with Gasteiger partial charge in [-0.1, -0.05) is 0 Å². The van der Waals surface area contributed by atoms with Gasteiger partial charge < -0.3 is 19.4 Å². The number of hydrogen-bond acceptors (Lipinski definition) is 4. The number of carbonyl (C=O) groups is 2. The minimum absolute atomic E-state index is 0.0106. The van der Waals surface area contributed by atoms with Crippen molar-refractivity contribution in [3.8, 4) is 11.3 Å². The molecule has 0 spiro atoms. The lowest BCUT2D eigenvalue weighted by Gasteiger charge is -2.37. The lowest BCUT2D eigenvalue weighted by atomic mass is 9.98. The molecule has 0 saturated carbocycles. The summed E-state index contributed by atoms with van der Waals surface area (Å²) in [4.78, 5) is 30.7. The highest BCUT2D eigenvalue weighted by Gasteiger charge is 2.30. The van der Waals surface area contributed by atoms with Crippen LogP contribution in [0.15, 0.2) is 30.5 Å². The van der Waals surface area contributed by atoms with Crippen molar-refractivity contribution >= 4 is 17.5 Å². The first-order chi connectivity index (χ1) is 15.7. The van der Waals surface area contributed by atoms with Crippen molar-refractivity contribution in [1.82, 2.24) is 19.6 Å². The van der Waals surface area contributed by atoms with E-state index >= 15 is 4.39 Å². The second-order valence-electron chi connectivity index (χ2n) is 8.75. The Morgan fingerprint density at radius 1 is 1.27 bits per heavy atom. The van der Waals surface area contributed by atoms with Crippen LogP contribution in [0.2, 0.25) is 0 Å². The molecule has 0 aliphatic carbocycles. The van der Waals surface area contributed by atoms with Crippen LogP contribution in [0.25, 0.3) is 16.9 Å². The van der Waals surface area contributed by atoms with Gasteiger partial charge in [-0.3, -0.25) is 9.59 Å². The molecule has 1 aromatic carbocycles. The van der Waals surface area contributed by atoms with Crippen LogP contribution in [0.4, 0.5) is 4.39 Å². The molecule has 1 saturated heterocycles. The van der Waals surface area contributed by atoms with Gasteiger partial charge in [-0.25, -0.2) is 9.37 Å². The number of imidazole rings is 1. The van der Waals surface area contributed by atoms with Crippen molar-refractivity contribution in [2.45, 2.75) is 46.3 Å². The maximum absolute atomic E-state index is 15.4. The summed E-state index contributed by atoms with van der Waals surface area (Å²) in [5.41, 5.74) is 4.34. The highest BCUT2D eigenvalue weighted by molar-refractivity contribution is 5.95. The van der Waals surface area contributed by atoms with Crippen LogP contribution in [0.3, 0.4) is 0 Å². The monoisotopic (exact) mass is 452 g/mol. The number of rotatable bonds is 4. The third-order valence-corrected chi connectivity index (χ3v) is 6.23. The molecule has 33 heavy (non-hydrogen) atoms. The zero-order chi connectivity index (χ0) is 23.9. The number of fused-ring (bicyclic) bond motifs is 1. The lowest BCUT2D eigenvalue weighted by Crippen LogP contribution is -2.50. The van der Waals surface area contributed by atoms with Crippen LogP contribution in [-0.4, -0.2) is 58.4 Å². The maximum Gasteiger partial charge on any atom is 0.251 e. The fourth-order valence-corrected chi connectivity index (χ4v) is 4.51. The molecule has 2 aromatic heterocycles. The third-order valence-electron chi connectivity index (χ3n) is 6.23. The van der Waals surface area contributed by atoms with Crippen molar-refractivity contribution in [2.24, 2.45) is 0 Å². The van der Waals surface area contributed by atoms with Gasteiger partial charge in [-0.15, -0.1) is 0 Å². The van der Waals surface area contributed by atoms with E-state index in [1.165, 1.54) is 13.1 Å². The summed E-state index contributed by atoms with van der Waals surface area (Å²) in [6.07, 6.45) is 2.15. The SMILES string of the molecule is CNC(=O)c1cc(C)c(-c2nc3cc(C)ccn3c2C[C@H]2CN(C(C)=O)[C@H](C)CO2)c(F)c1. The molecular formula is C25H29FN4O3. The number of benzene rings is 1. The van der Waals surface area contributed by atoms with E-state index in [0.717, 1.165) is 11.3 Å². The van der Waals surface area contributed by atoms with Gasteiger partial charge in [-0.2, -0.15) is 0 Å². The van der Waals surface area contributed by atoms with Gasteiger partial charge in [0.25, 0.3) is 5.91 Å². The van der Waals surface area contributed by atoms with E-state index in [4.69, 9.17) is 9.72 Å². The lowest BCUT2D eigenvalue weighted by molar-refractivity contribution is -0.141. The second kappa shape index (κ2) is 8.94. The van der Waals surface area contributed by atoms with Crippen LogP contribution in [0.1, 0.15) is 41.0 Å². The Bertz CT molecular complexity index is 1210. The molecule has 1 N–H and O–H groups in total. The number of aromatic nitrogens is 2. The third kappa shape index (κ3) is 4.35. The molecule has 0 unspecified atom stereocenters. The van der Waals surface area contributed by atoms with Crippen LogP contribution in [0.5, 0.6) is 0 Å². The maximum atomic E-state index is 15.4. The number of amides is 2. The van der Waals surface area contributed by atoms with E-state index in [1.807, 2.05) is 41.5 Å². The van der Waals surface area contributed by atoms with Gasteiger partial charge in [0.2, 0.25) is 5.91 Å². The Morgan fingerprint density at radius 3 is 2.70 bits per heavy atom. The van der Waals surface area contributed by atoms with E-state index in [0.29, 0.717) is 42.0 Å². The Hall–Kier alpha value is -3.26. The highest BCUT2D eigenvalue weighted by Crippen LogP contribution is 2.32. The zero-order valence-corrected chi connectivity index (χ0v) is 19.6. The first kappa shape index (κ1) is 22.9. The number of nitrogens with one attached hydrogen (secondary N) is 1. The number of carbonyl (C=O) groups excluding carboxylic acids is 2. The Labute approximate surface area is 192 Å². The molecule has 1 fully saturated rings. The van der Waals surface area contributed by atoms with E-state index < -0.39 is 5.82 Å². The molecule has 3 aromatic rings. The van der Waals surface area contributed by atoms with E-state index in [-0.39, 0.29) is 29.5 Å². The van der Waals surface area contributed by atoms with Crippen molar-refractivity contribution in [1.29, 1.82) is 0 Å². The van der Waals surface area contributed by atoms with Crippen LogP contribution >= 0.6 is 0 Å². The standard InChI is InChI=1S/C25H29FN4O3/c1-14-6-7-29-21(11-19-12-30(17(4)31)16(3)13-33-19)24(28-22(29)8-14)23-15(2)9-18(10-20(23)26)25(32)27-5/h6-10,16,19H,11-13H2,1-5H3,(H,27,32)/t16-,19+/m1/s1. The number of halogens is 1. The summed E-state index contributed by atoms with van der Waals surface area (Å²) in [6.45, 7) is 8.20. The van der Waals surface area contributed by atoms with E-state index in [2.05, 4.69) is 5.32 Å². The molecule has 0 bridgehead atoms. The summed E-state index contributed by atoms with van der Waals surface area (Å²) >= 11 is 0. The Balaban J connectivity index is 1.81. The molecule has 2 atom stereocenters. The van der Waals surface area contributed by atoms with E-state index in [9.17, 15) is 9.59 Å². The number of aryl methyl sites for hydroxylation is 2. The Morgan fingerprint density at radius 2 is 2.03 bits per heavy atom.